The van der Waals surface area contributed by atoms with E-state index in [1.165, 1.54) is 63.8 Å². The molecule has 3 aromatic carbocycles. The molecule has 98 heavy (non-hydrogen) atoms. The minimum Gasteiger partial charge on any atom is -0.391 e. The summed E-state index contributed by atoms with van der Waals surface area (Å²) < 4.78 is 0. The quantitative estimate of drug-likeness (QED) is 0.120. The van der Waals surface area contributed by atoms with Gasteiger partial charge in [0.1, 0.15) is 54.4 Å². The summed E-state index contributed by atoms with van der Waals surface area (Å²) in [5, 5.41) is 25.7. The Morgan fingerprint density at radius 3 is 1.58 bits per heavy atom. The Kier molecular flexibility index (Phi) is 31.9. The van der Waals surface area contributed by atoms with Gasteiger partial charge in [-0.15, -0.1) is 0 Å². The SMILES string of the molecule is CC[C@H](C)[C@H]1C(=O)N[C@@H](C)C(=O)N(C)[C@@H](Cc2ccccc2)C(=O)N[C@@H]([C@@H](C)O)C(=O)N(C)[C@@H](CC(C)C)C(=O)N[C@@H](Cc2ccccc2)C(=O)N(C)[C@@H](C(C)C)C(=O)N[C@H](C(=O)N2CCCCC2)Cc2ccc(cc2)CCCCCC(=O)NCC(=O)N(C)[C@@H](CC(C)C)C(=O)N1C. The molecule has 3 aliphatic heterocycles. The minimum absolute atomic E-state index is 0.0177. The lowest BCUT2D eigenvalue weighted by Gasteiger charge is -2.38. The van der Waals surface area contributed by atoms with Gasteiger partial charge in [-0.3, -0.25) is 52.7 Å². The van der Waals surface area contributed by atoms with E-state index in [9.17, 15) is 43.5 Å². The van der Waals surface area contributed by atoms with Crippen molar-refractivity contribution in [3.63, 3.8) is 0 Å². The first-order chi connectivity index (χ1) is 46.4. The van der Waals surface area contributed by atoms with E-state index in [1.807, 2.05) is 65.0 Å². The molecule has 3 aromatic rings. The Morgan fingerprint density at radius 1 is 0.510 bits per heavy atom. The largest absolute Gasteiger partial charge is 0.391 e. The Morgan fingerprint density at radius 2 is 1.02 bits per heavy atom. The molecule has 6 N–H and O–H groups in total. The molecule has 11 atom stereocenters. The molecule has 11 amide bonds. The first-order valence-electron chi connectivity index (χ1n) is 35.3. The zero-order valence-electron chi connectivity index (χ0n) is 60.8. The van der Waals surface area contributed by atoms with Gasteiger partial charge in [0.25, 0.3) is 0 Å². The second-order valence-corrected chi connectivity index (χ2v) is 28.3. The zero-order valence-corrected chi connectivity index (χ0v) is 60.8. The van der Waals surface area contributed by atoms with Crippen LogP contribution < -0.4 is 26.6 Å². The number of carbonyl (C=O) groups is 11. The van der Waals surface area contributed by atoms with Crippen LogP contribution in [0.25, 0.3) is 0 Å². The molecule has 1 saturated heterocycles. The first-order valence-corrected chi connectivity index (χ1v) is 35.3. The van der Waals surface area contributed by atoms with Gasteiger partial charge in [0, 0.05) is 74.0 Å². The summed E-state index contributed by atoms with van der Waals surface area (Å²) in [5.74, 6) is -7.80. The summed E-state index contributed by atoms with van der Waals surface area (Å²) in [5.41, 5.74) is 3.15. The number of aryl methyl sites for hydroxylation is 1. The van der Waals surface area contributed by atoms with Crippen molar-refractivity contribution in [2.45, 2.75) is 220 Å². The lowest BCUT2D eigenvalue weighted by molar-refractivity contribution is -0.150. The lowest BCUT2D eigenvalue weighted by atomic mass is 9.94. The Balaban J connectivity index is 1.56. The van der Waals surface area contributed by atoms with Crippen LogP contribution in [0.2, 0.25) is 0 Å². The van der Waals surface area contributed by atoms with Crippen molar-refractivity contribution >= 4 is 65.0 Å². The second-order valence-electron chi connectivity index (χ2n) is 28.3. The van der Waals surface area contributed by atoms with E-state index in [2.05, 4.69) is 26.6 Å². The maximum absolute atomic E-state index is 15.2. The highest BCUT2D eigenvalue weighted by atomic mass is 16.3. The van der Waals surface area contributed by atoms with E-state index in [0.717, 1.165) is 53.0 Å². The number of fused-ring (bicyclic) bond motifs is 37. The van der Waals surface area contributed by atoms with Crippen LogP contribution in [0.1, 0.15) is 156 Å². The predicted octanol–water partition coefficient (Wildman–Crippen LogP) is 5.23. The van der Waals surface area contributed by atoms with Crippen LogP contribution in [-0.2, 0) is 78.4 Å². The molecule has 540 valence electrons. The number of amides is 11. The van der Waals surface area contributed by atoms with Crippen molar-refractivity contribution in [2.24, 2.45) is 23.7 Å². The number of nitrogens with one attached hydrogen (secondary N) is 5. The van der Waals surface area contributed by atoms with Gasteiger partial charge in [0.15, 0.2) is 0 Å². The normalized spacial score (nSPS) is 24.9. The van der Waals surface area contributed by atoms with Crippen molar-refractivity contribution < 1.29 is 57.8 Å². The number of aliphatic hydroxyl groups excluding tert-OH is 1. The number of likely N-dealkylation sites (tertiary alicyclic amines) is 1. The number of nitrogens with zero attached hydrogens (tertiary/aromatic N) is 6. The summed E-state index contributed by atoms with van der Waals surface area (Å²) in [6.45, 7) is 18.2. The molecule has 0 aromatic heterocycles. The van der Waals surface area contributed by atoms with Gasteiger partial charge >= 0.3 is 0 Å². The average Bonchev–Trinajstić information content (AvgIpc) is 0.826. The van der Waals surface area contributed by atoms with Crippen molar-refractivity contribution in [1.82, 2.24) is 56.0 Å². The molecular formula is C75H113N11O12. The van der Waals surface area contributed by atoms with E-state index < -0.39 is 125 Å². The summed E-state index contributed by atoms with van der Waals surface area (Å²) in [6, 6.07) is 14.5. The third-order valence-electron chi connectivity index (χ3n) is 19.1. The van der Waals surface area contributed by atoms with Crippen LogP contribution in [0.5, 0.6) is 0 Å². The Labute approximate surface area is 581 Å². The molecule has 0 unspecified atom stereocenters. The van der Waals surface area contributed by atoms with Crippen LogP contribution in [0.4, 0.5) is 0 Å². The summed E-state index contributed by atoms with van der Waals surface area (Å²) in [4.78, 5) is 169. The molecule has 6 rings (SSSR count). The first kappa shape index (κ1) is 80.5. The van der Waals surface area contributed by atoms with Crippen molar-refractivity contribution in [3.05, 3.63) is 107 Å². The second kappa shape index (κ2) is 38.8. The van der Waals surface area contributed by atoms with Gasteiger partial charge in [0.05, 0.1) is 12.6 Å². The molecule has 1 fully saturated rings. The van der Waals surface area contributed by atoms with E-state index in [4.69, 9.17) is 0 Å². The monoisotopic (exact) mass is 1360 g/mol. The number of piperidine rings is 1. The number of hydrogen-bond donors (Lipinski definition) is 6. The molecule has 0 saturated carbocycles. The van der Waals surface area contributed by atoms with Crippen LogP contribution >= 0.6 is 0 Å². The fourth-order valence-corrected chi connectivity index (χ4v) is 13.1. The topological polar surface area (TPSA) is 288 Å². The predicted molar refractivity (Wildman–Crippen MR) is 377 cm³/mol. The number of aliphatic hydroxyl groups is 1. The highest BCUT2D eigenvalue weighted by molar-refractivity contribution is 5.99. The molecule has 2 bridgehead atoms. The maximum atomic E-state index is 15.2. The zero-order chi connectivity index (χ0) is 72.7. The van der Waals surface area contributed by atoms with Gasteiger partial charge in [-0.25, -0.2) is 0 Å². The fraction of sp³-hybridized carbons (Fsp3) is 0.613. The molecular weight excluding hydrogens is 1250 g/mol. The van der Waals surface area contributed by atoms with E-state index in [-0.39, 0.29) is 68.7 Å². The molecule has 0 radical (unpaired) electrons. The average molecular weight is 1360 g/mol. The smallest absolute Gasteiger partial charge is 0.248 e. The van der Waals surface area contributed by atoms with E-state index in [0.29, 0.717) is 43.5 Å². The number of likely N-dealkylation sites (N-methyl/N-ethyl adjacent to an activating group) is 5. The number of rotatable bonds is 13. The van der Waals surface area contributed by atoms with Gasteiger partial charge in [-0.1, -0.05) is 153 Å². The third kappa shape index (κ3) is 23.2. The highest BCUT2D eigenvalue weighted by Gasteiger charge is 2.43. The van der Waals surface area contributed by atoms with Crippen LogP contribution in [-0.4, -0.2) is 215 Å². The molecule has 3 aliphatic rings. The molecule has 0 spiro atoms. The van der Waals surface area contributed by atoms with Gasteiger partial charge in [0.2, 0.25) is 65.0 Å². The van der Waals surface area contributed by atoms with Crippen molar-refractivity contribution in [3.8, 4) is 0 Å². The van der Waals surface area contributed by atoms with Crippen LogP contribution in [0.3, 0.4) is 0 Å². The van der Waals surface area contributed by atoms with E-state index in [1.54, 1.807) is 80.3 Å². The van der Waals surface area contributed by atoms with Crippen LogP contribution in [0, 0.1) is 23.7 Å². The van der Waals surface area contributed by atoms with E-state index >= 15 is 14.4 Å². The Hall–Kier alpha value is -8.21. The minimum atomic E-state index is -1.69. The van der Waals surface area contributed by atoms with Crippen molar-refractivity contribution in [1.29, 1.82) is 0 Å². The molecule has 23 nitrogen and oxygen atoms in total. The number of hydrogen-bond acceptors (Lipinski definition) is 12. The number of benzene rings is 3. The van der Waals surface area contributed by atoms with Gasteiger partial charge in [-0.2, -0.15) is 0 Å². The van der Waals surface area contributed by atoms with Crippen molar-refractivity contribution in [2.75, 3.05) is 54.9 Å². The lowest BCUT2D eigenvalue weighted by Crippen LogP contribution is -2.63. The Bertz CT molecular complexity index is 3140. The van der Waals surface area contributed by atoms with Gasteiger partial charge in [-0.05, 0) is 111 Å². The maximum Gasteiger partial charge on any atom is 0.248 e. The molecule has 3 heterocycles. The summed E-state index contributed by atoms with van der Waals surface area (Å²) in [7, 11) is 7.23. The molecule has 0 aliphatic carbocycles. The van der Waals surface area contributed by atoms with Crippen LogP contribution in [0.15, 0.2) is 84.9 Å². The summed E-state index contributed by atoms with van der Waals surface area (Å²) in [6.07, 6.45) is 4.79. The fourth-order valence-electron chi connectivity index (χ4n) is 13.1. The number of carbonyl (C=O) groups excluding carboxylic acids is 11. The summed E-state index contributed by atoms with van der Waals surface area (Å²) >= 11 is 0. The standard InChI is InChI=1S/C75H113N11O12/c1-16-50(8)66-70(93)77-51(9)71(94)82(12)60(45-55-32-24-18-25-33-55)68(91)80-64(52(10)87)75(98)83(13)59(41-47(2)3)67(90)78-57(43-54-30-22-17-23-31-54)72(95)84(14)65(49(6)7)69(92)79-58(73(96)86-39-27-20-28-40-86)44-56-37-35-53(36-38-56)29-21-19-26-34-62(88)76-46-63(89)81(11)61(42-48(4)5)74(97)85(66)15/h17-18,22-25,30-33,35-38,47-52,57-61,64-66,87H,16,19-21,26-29,34,39-46H2,1-15H3,(H,76,88)(H,77,93)(H,78,90)(H,79,92)(H,80,91)/t50-,51-,52+,57-,58-,59-,60-,61-,64-,65-,66-/m0/s1. The highest BCUT2D eigenvalue weighted by Crippen LogP contribution is 2.24. The van der Waals surface area contributed by atoms with Gasteiger partial charge < -0.3 is 61.1 Å². The third-order valence-corrected chi connectivity index (χ3v) is 19.1. The molecule has 23 heteroatoms.